The second-order valence-corrected chi connectivity index (χ2v) is 4.30. The summed E-state index contributed by atoms with van der Waals surface area (Å²) in [5, 5.41) is 12.4. The number of nitrogens with zero attached hydrogens (tertiary/aromatic N) is 3. The van der Waals surface area contributed by atoms with Crippen molar-refractivity contribution < 1.29 is 5.11 Å². The van der Waals surface area contributed by atoms with E-state index in [1.807, 2.05) is 38.8 Å². The fourth-order valence-corrected chi connectivity index (χ4v) is 1.20. The Balaban J connectivity index is 2.91. The summed E-state index contributed by atoms with van der Waals surface area (Å²) in [6.45, 7) is 6.78. The zero-order valence-corrected chi connectivity index (χ0v) is 10.4. The summed E-state index contributed by atoms with van der Waals surface area (Å²) < 4.78 is 0. The number of rotatable bonds is 5. The molecule has 0 unspecified atom stereocenters. The van der Waals surface area contributed by atoms with Gasteiger partial charge in [-0.05, 0) is 26.8 Å². The molecule has 0 atom stereocenters. The van der Waals surface area contributed by atoms with Gasteiger partial charge in [0.15, 0.2) is 0 Å². The third-order valence-corrected chi connectivity index (χ3v) is 2.61. The second kappa shape index (κ2) is 5.12. The van der Waals surface area contributed by atoms with E-state index in [4.69, 9.17) is 0 Å². The zero-order valence-electron chi connectivity index (χ0n) is 10.4. The fraction of sp³-hybridized carbons (Fsp3) is 0.636. The summed E-state index contributed by atoms with van der Waals surface area (Å²) >= 11 is 0. The van der Waals surface area contributed by atoms with E-state index in [2.05, 4.69) is 15.3 Å². The first-order valence-corrected chi connectivity index (χ1v) is 5.43. The summed E-state index contributed by atoms with van der Waals surface area (Å²) in [5.41, 5.74) is -0.335. The Morgan fingerprint density at radius 2 is 2.19 bits per heavy atom. The SMILES string of the molecule is CCNc1nccc(N(C)C(C)(C)CO)n1. The number of aliphatic hydroxyl groups excluding tert-OH is 1. The largest absolute Gasteiger partial charge is 0.394 e. The lowest BCUT2D eigenvalue weighted by Crippen LogP contribution is -2.44. The molecule has 16 heavy (non-hydrogen) atoms. The van der Waals surface area contributed by atoms with Crippen LogP contribution in [0.2, 0.25) is 0 Å². The van der Waals surface area contributed by atoms with Gasteiger partial charge in [-0.3, -0.25) is 0 Å². The molecule has 0 saturated heterocycles. The van der Waals surface area contributed by atoms with E-state index in [1.54, 1.807) is 6.20 Å². The normalized spacial score (nSPS) is 11.3. The average Bonchev–Trinajstić information content (AvgIpc) is 2.29. The van der Waals surface area contributed by atoms with Crippen molar-refractivity contribution in [1.29, 1.82) is 0 Å². The summed E-state index contributed by atoms with van der Waals surface area (Å²) in [7, 11) is 1.91. The first-order chi connectivity index (χ1) is 7.51. The first kappa shape index (κ1) is 12.7. The van der Waals surface area contributed by atoms with Crippen LogP contribution in [0.5, 0.6) is 0 Å². The highest BCUT2D eigenvalue weighted by atomic mass is 16.3. The minimum absolute atomic E-state index is 0.0735. The highest BCUT2D eigenvalue weighted by Gasteiger charge is 2.23. The Morgan fingerprint density at radius 1 is 1.50 bits per heavy atom. The van der Waals surface area contributed by atoms with Crippen LogP contribution in [0.15, 0.2) is 12.3 Å². The minimum Gasteiger partial charge on any atom is -0.394 e. The number of likely N-dealkylation sites (N-methyl/N-ethyl adjacent to an activating group) is 1. The highest BCUT2D eigenvalue weighted by molar-refractivity contribution is 5.44. The molecule has 0 aromatic carbocycles. The molecular weight excluding hydrogens is 204 g/mol. The molecular formula is C11H20N4O. The lowest BCUT2D eigenvalue weighted by Gasteiger charge is -2.34. The van der Waals surface area contributed by atoms with E-state index < -0.39 is 0 Å². The van der Waals surface area contributed by atoms with Gasteiger partial charge in [-0.15, -0.1) is 0 Å². The molecule has 5 nitrogen and oxygen atoms in total. The van der Waals surface area contributed by atoms with E-state index >= 15 is 0 Å². The highest BCUT2D eigenvalue weighted by Crippen LogP contribution is 2.19. The Labute approximate surface area is 96.5 Å². The number of aliphatic hydroxyl groups is 1. The molecule has 0 amide bonds. The van der Waals surface area contributed by atoms with Crippen LogP contribution in [0.3, 0.4) is 0 Å². The molecule has 1 aromatic heterocycles. The van der Waals surface area contributed by atoms with Gasteiger partial charge in [0, 0.05) is 19.8 Å². The van der Waals surface area contributed by atoms with Gasteiger partial charge in [-0.25, -0.2) is 4.98 Å². The Morgan fingerprint density at radius 3 is 2.75 bits per heavy atom. The number of anilines is 2. The maximum Gasteiger partial charge on any atom is 0.224 e. The molecule has 0 bridgehead atoms. The molecule has 0 fully saturated rings. The topological polar surface area (TPSA) is 61.3 Å². The van der Waals surface area contributed by atoms with Crippen molar-refractivity contribution in [3.05, 3.63) is 12.3 Å². The molecule has 1 rings (SSSR count). The van der Waals surface area contributed by atoms with Gasteiger partial charge in [0.05, 0.1) is 12.1 Å². The van der Waals surface area contributed by atoms with Gasteiger partial charge in [-0.1, -0.05) is 0 Å². The van der Waals surface area contributed by atoms with Gasteiger partial charge < -0.3 is 15.3 Å². The van der Waals surface area contributed by atoms with E-state index in [0.717, 1.165) is 12.4 Å². The molecule has 0 spiro atoms. The number of aromatic nitrogens is 2. The van der Waals surface area contributed by atoms with Crippen molar-refractivity contribution in [3.63, 3.8) is 0 Å². The predicted molar refractivity (Wildman–Crippen MR) is 65.8 cm³/mol. The Kier molecular flexibility index (Phi) is 4.06. The van der Waals surface area contributed by atoms with Gasteiger partial charge in [0.1, 0.15) is 5.82 Å². The van der Waals surface area contributed by atoms with Crippen molar-refractivity contribution >= 4 is 11.8 Å². The molecule has 5 heteroatoms. The maximum absolute atomic E-state index is 9.30. The van der Waals surface area contributed by atoms with Crippen LogP contribution in [0.25, 0.3) is 0 Å². The van der Waals surface area contributed by atoms with Gasteiger partial charge in [-0.2, -0.15) is 4.98 Å². The van der Waals surface area contributed by atoms with Crippen LogP contribution >= 0.6 is 0 Å². The molecule has 0 aliphatic carbocycles. The van der Waals surface area contributed by atoms with Crippen LogP contribution in [-0.2, 0) is 0 Å². The summed E-state index contributed by atoms with van der Waals surface area (Å²) in [5.74, 6) is 1.41. The van der Waals surface area contributed by atoms with Crippen molar-refractivity contribution in [2.75, 3.05) is 30.4 Å². The molecule has 1 aromatic rings. The molecule has 0 aliphatic rings. The fourth-order valence-electron chi connectivity index (χ4n) is 1.20. The maximum atomic E-state index is 9.30. The summed E-state index contributed by atoms with van der Waals surface area (Å²) in [6.07, 6.45) is 1.71. The van der Waals surface area contributed by atoms with E-state index in [0.29, 0.717) is 5.95 Å². The van der Waals surface area contributed by atoms with E-state index in [1.165, 1.54) is 0 Å². The van der Waals surface area contributed by atoms with Gasteiger partial charge in [0.25, 0.3) is 0 Å². The monoisotopic (exact) mass is 224 g/mol. The minimum atomic E-state index is -0.335. The van der Waals surface area contributed by atoms with E-state index in [-0.39, 0.29) is 12.1 Å². The Hall–Kier alpha value is -1.36. The van der Waals surface area contributed by atoms with Crippen molar-refractivity contribution in [1.82, 2.24) is 9.97 Å². The van der Waals surface area contributed by atoms with E-state index in [9.17, 15) is 5.11 Å². The molecule has 0 aliphatic heterocycles. The van der Waals surface area contributed by atoms with Crippen LogP contribution in [0.1, 0.15) is 20.8 Å². The Bertz CT molecular complexity index is 341. The second-order valence-electron chi connectivity index (χ2n) is 4.30. The molecule has 90 valence electrons. The standard InChI is InChI=1S/C11H20N4O/c1-5-12-10-13-7-6-9(14-10)15(4)11(2,3)8-16/h6-7,16H,5,8H2,1-4H3,(H,12,13,14). The van der Waals surface area contributed by atoms with Crippen molar-refractivity contribution in [2.24, 2.45) is 0 Å². The van der Waals surface area contributed by atoms with Crippen molar-refractivity contribution in [3.8, 4) is 0 Å². The molecule has 0 radical (unpaired) electrons. The summed E-state index contributed by atoms with van der Waals surface area (Å²) in [6, 6.07) is 1.83. The molecule has 1 heterocycles. The van der Waals surface area contributed by atoms with Gasteiger partial charge >= 0.3 is 0 Å². The first-order valence-electron chi connectivity index (χ1n) is 5.43. The van der Waals surface area contributed by atoms with Crippen LogP contribution in [0.4, 0.5) is 11.8 Å². The van der Waals surface area contributed by atoms with Crippen molar-refractivity contribution in [2.45, 2.75) is 26.3 Å². The van der Waals surface area contributed by atoms with Gasteiger partial charge in [0.2, 0.25) is 5.95 Å². The average molecular weight is 224 g/mol. The third kappa shape index (κ3) is 2.82. The van der Waals surface area contributed by atoms with Crippen LogP contribution in [0, 0.1) is 0 Å². The number of nitrogens with one attached hydrogen (secondary N) is 1. The van der Waals surface area contributed by atoms with Crippen LogP contribution < -0.4 is 10.2 Å². The lowest BCUT2D eigenvalue weighted by molar-refractivity contribution is 0.215. The predicted octanol–water partition coefficient (Wildman–Crippen LogP) is 1.12. The van der Waals surface area contributed by atoms with Crippen LogP contribution in [-0.4, -0.2) is 40.8 Å². The number of hydrogen-bond donors (Lipinski definition) is 2. The molecule has 2 N–H and O–H groups in total. The quantitative estimate of drug-likeness (QED) is 0.784. The summed E-state index contributed by atoms with van der Waals surface area (Å²) in [4.78, 5) is 10.4. The third-order valence-electron chi connectivity index (χ3n) is 2.61. The zero-order chi connectivity index (χ0) is 12.2. The smallest absolute Gasteiger partial charge is 0.224 e. The molecule has 0 saturated carbocycles. The lowest BCUT2D eigenvalue weighted by atomic mass is 10.1. The number of hydrogen-bond acceptors (Lipinski definition) is 5.